The molecule has 1 saturated heterocycles. The first-order chi connectivity index (χ1) is 15.6. The molecule has 1 N–H and O–H groups in total. The molecule has 6 nitrogen and oxygen atoms in total. The fraction of sp³-hybridized carbons (Fsp3) is 0.240. The number of nitrogens with zero attached hydrogens (tertiary/aromatic N) is 2. The lowest BCUT2D eigenvalue weighted by molar-refractivity contribution is -0.127. The van der Waals surface area contributed by atoms with Gasteiger partial charge in [0.1, 0.15) is 12.4 Å². The molecule has 1 fully saturated rings. The van der Waals surface area contributed by atoms with E-state index >= 15 is 0 Å². The Bertz CT molecular complexity index is 1240. The number of hydrogen-bond acceptors (Lipinski definition) is 5. The lowest BCUT2D eigenvalue weighted by atomic mass is 9.88. The Kier molecular flexibility index (Phi) is 5.88. The van der Waals surface area contributed by atoms with Crippen molar-refractivity contribution >= 4 is 51.8 Å². The van der Waals surface area contributed by atoms with Crippen molar-refractivity contribution in [2.24, 2.45) is 0 Å². The molecule has 0 unspecified atom stereocenters. The van der Waals surface area contributed by atoms with Gasteiger partial charge in [0.15, 0.2) is 0 Å². The molecule has 0 bridgehead atoms. The third-order valence-electron chi connectivity index (χ3n) is 5.86. The van der Waals surface area contributed by atoms with Crippen LogP contribution in [0, 0.1) is 5.82 Å². The summed E-state index contributed by atoms with van der Waals surface area (Å²) < 4.78 is 13.8. The highest BCUT2D eigenvalue weighted by atomic mass is 32.2. The number of amides is 3. The quantitative estimate of drug-likeness (QED) is 0.634. The van der Waals surface area contributed by atoms with E-state index in [1.807, 2.05) is 25.2 Å². The second kappa shape index (κ2) is 8.51. The number of imide groups is 1. The lowest BCUT2D eigenvalue weighted by Crippen LogP contribution is -2.42. The van der Waals surface area contributed by atoms with Crippen LogP contribution < -0.4 is 10.2 Å². The van der Waals surface area contributed by atoms with Crippen LogP contribution in [-0.4, -0.2) is 41.1 Å². The first-order valence-electron chi connectivity index (χ1n) is 10.4. The van der Waals surface area contributed by atoms with Gasteiger partial charge in [-0.3, -0.25) is 19.3 Å². The SMILES string of the molecule is CC1=CC(C)(C)N(C)c2ccc(/C=C3/SC(=O)N(CC(=O)Nc4ccccc4F)C3=O)cc21. The van der Waals surface area contributed by atoms with E-state index in [2.05, 4.69) is 37.1 Å². The van der Waals surface area contributed by atoms with E-state index in [-0.39, 0.29) is 16.1 Å². The fourth-order valence-electron chi connectivity index (χ4n) is 3.95. The molecule has 0 radical (unpaired) electrons. The van der Waals surface area contributed by atoms with Crippen LogP contribution in [0.4, 0.5) is 20.6 Å². The number of thioether (sulfide) groups is 1. The number of benzene rings is 2. The minimum absolute atomic E-state index is 0.00403. The number of likely N-dealkylation sites (N-methyl/N-ethyl adjacent to an activating group) is 1. The third kappa shape index (κ3) is 4.43. The largest absolute Gasteiger partial charge is 0.366 e. The summed E-state index contributed by atoms with van der Waals surface area (Å²) in [7, 11) is 2.04. The van der Waals surface area contributed by atoms with E-state index < -0.39 is 29.4 Å². The maximum absolute atomic E-state index is 13.8. The van der Waals surface area contributed by atoms with Crippen LogP contribution in [0.15, 0.2) is 53.4 Å². The molecule has 8 heteroatoms. The van der Waals surface area contributed by atoms with Crippen LogP contribution in [0.1, 0.15) is 31.9 Å². The predicted octanol–water partition coefficient (Wildman–Crippen LogP) is 5.13. The van der Waals surface area contributed by atoms with Crippen LogP contribution >= 0.6 is 11.8 Å². The second-order valence-electron chi connectivity index (χ2n) is 8.61. The number of anilines is 2. The van der Waals surface area contributed by atoms with Crippen molar-refractivity contribution in [2.75, 3.05) is 23.8 Å². The fourth-order valence-corrected chi connectivity index (χ4v) is 4.79. The molecule has 2 aromatic carbocycles. The molecule has 3 amide bonds. The van der Waals surface area contributed by atoms with Crippen molar-refractivity contribution in [3.8, 4) is 0 Å². The molecular formula is C25H24FN3O3S. The van der Waals surface area contributed by atoms with Gasteiger partial charge in [-0.25, -0.2) is 4.39 Å². The molecule has 4 rings (SSSR count). The summed E-state index contributed by atoms with van der Waals surface area (Å²) >= 11 is 0.786. The van der Waals surface area contributed by atoms with Crippen LogP contribution in [0.25, 0.3) is 11.6 Å². The average Bonchev–Trinajstić information content (AvgIpc) is 3.01. The Morgan fingerprint density at radius 2 is 1.91 bits per heavy atom. The molecule has 0 spiro atoms. The summed E-state index contributed by atoms with van der Waals surface area (Å²) in [5, 5.41) is 1.86. The maximum atomic E-state index is 13.8. The summed E-state index contributed by atoms with van der Waals surface area (Å²) in [6, 6.07) is 11.6. The number of para-hydroxylation sites is 1. The number of nitrogens with one attached hydrogen (secondary N) is 1. The monoisotopic (exact) mass is 465 g/mol. The van der Waals surface area contributed by atoms with E-state index in [0.717, 1.165) is 39.0 Å². The molecule has 2 aliphatic heterocycles. The first kappa shape index (κ1) is 22.8. The van der Waals surface area contributed by atoms with Gasteiger partial charge in [0.25, 0.3) is 11.1 Å². The molecule has 0 aliphatic carbocycles. The number of hydrogen-bond donors (Lipinski definition) is 1. The highest BCUT2D eigenvalue weighted by Gasteiger charge is 2.36. The summed E-state index contributed by atoms with van der Waals surface area (Å²) in [5.74, 6) is -1.79. The summed E-state index contributed by atoms with van der Waals surface area (Å²) in [5.41, 5.74) is 3.97. The number of halogens is 1. The van der Waals surface area contributed by atoms with Gasteiger partial charge in [-0.05, 0) is 74.0 Å². The van der Waals surface area contributed by atoms with Crippen LogP contribution in [-0.2, 0) is 9.59 Å². The van der Waals surface area contributed by atoms with Crippen molar-refractivity contribution in [2.45, 2.75) is 26.3 Å². The number of allylic oxidation sites excluding steroid dienone is 1. The molecule has 170 valence electrons. The molecule has 0 atom stereocenters. The standard InChI is InChI=1S/C25H24FN3O3S/c1-15-13-25(2,3)28(4)20-10-9-16(11-17(15)20)12-21-23(31)29(24(32)33-21)14-22(30)27-19-8-6-5-7-18(19)26/h5-13H,14H2,1-4H3,(H,27,30)/b21-12+. The molecule has 0 aromatic heterocycles. The van der Waals surface area contributed by atoms with E-state index in [1.54, 1.807) is 12.1 Å². The topological polar surface area (TPSA) is 69.7 Å². The molecule has 33 heavy (non-hydrogen) atoms. The number of fused-ring (bicyclic) bond motifs is 1. The van der Waals surface area contributed by atoms with Crippen LogP contribution in [0.5, 0.6) is 0 Å². The number of rotatable bonds is 4. The maximum Gasteiger partial charge on any atom is 0.294 e. The van der Waals surface area contributed by atoms with Crippen molar-refractivity contribution in [1.29, 1.82) is 0 Å². The zero-order valence-electron chi connectivity index (χ0n) is 18.8. The Hall–Kier alpha value is -3.39. The summed E-state index contributed by atoms with van der Waals surface area (Å²) in [6.07, 6.45) is 3.86. The minimum atomic E-state index is -0.649. The highest BCUT2D eigenvalue weighted by Crippen LogP contribution is 2.39. The van der Waals surface area contributed by atoms with Gasteiger partial charge in [-0.15, -0.1) is 0 Å². The van der Waals surface area contributed by atoms with Gasteiger partial charge in [0.05, 0.1) is 16.1 Å². The van der Waals surface area contributed by atoms with Gasteiger partial charge in [-0.1, -0.05) is 24.3 Å². The lowest BCUT2D eigenvalue weighted by Gasteiger charge is -2.40. The van der Waals surface area contributed by atoms with Crippen LogP contribution in [0.2, 0.25) is 0 Å². The predicted molar refractivity (Wildman–Crippen MR) is 130 cm³/mol. The number of carbonyl (C=O) groups excluding carboxylic acids is 3. The van der Waals surface area contributed by atoms with Crippen molar-refractivity contribution in [3.05, 3.63) is 70.4 Å². The average molecular weight is 466 g/mol. The Morgan fingerprint density at radius 1 is 1.18 bits per heavy atom. The first-order valence-corrected chi connectivity index (χ1v) is 11.3. The minimum Gasteiger partial charge on any atom is -0.366 e. The third-order valence-corrected chi connectivity index (χ3v) is 6.77. The molecular weight excluding hydrogens is 441 g/mol. The van der Waals surface area contributed by atoms with Gasteiger partial charge in [-0.2, -0.15) is 0 Å². The van der Waals surface area contributed by atoms with E-state index in [1.165, 1.54) is 18.2 Å². The summed E-state index contributed by atoms with van der Waals surface area (Å²) in [6.45, 7) is 5.86. The van der Waals surface area contributed by atoms with Crippen molar-refractivity contribution < 1.29 is 18.8 Å². The Morgan fingerprint density at radius 3 is 2.64 bits per heavy atom. The zero-order valence-corrected chi connectivity index (χ0v) is 19.6. The van der Waals surface area contributed by atoms with E-state index in [9.17, 15) is 18.8 Å². The Balaban J connectivity index is 1.52. The highest BCUT2D eigenvalue weighted by molar-refractivity contribution is 8.18. The normalized spacial score (nSPS) is 18.5. The van der Waals surface area contributed by atoms with Gasteiger partial charge in [0, 0.05) is 18.3 Å². The molecule has 2 aromatic rings. The van der Waals surface area contributed by atoms with Crippen LogP contribution in [0.3, 0.4) is 0 Å². The van der Waals surface area contributed by atoms with Gasteiger partial charge < -0.3 is 10.2 Å². The van der Waals surface area contributed by atoms with Gasteiger partial charge in [0.2, 0.25) is 5.91 Å². The molecule has 2 aliphatic rings. The van der Waals surface area contributed by atoms with E-state index in [0.29, 0.717) is 0 Å². The van der Waals surface area contributed by atoms with Crippen molar-refractivity contribution in [3.63, 3.8) is 0 Å². The molecule has 0 saturated carbocycles. The summed E-state index contributed by atoms with van der Waals surface area (Å²) in [4.78, 5) is 40.8. The van der Waals surface area contributed by atoms with E-state index in [4.69, 9.17) is 0 Å². The van der Waals surface area contributed by atoms with Gasteiger partial charge >= 0.3 is 0 Å². The second-order valence-corrected chi connectivity index (χ2v) is 9.61. The molecule has 2 heterocycles. The zero-order chi connectivity index (χ0) is 23.9. The number of carbonyl (C=O) groups is 3. The Labute approximate surface area is 196 Å². The smallest absolute Gasteiger partial charge is 0.294 e. The van der Waals surface area contributed by atoms with Crippen molar-refractivity contribution in [1.82, 2.24) is 4.90 Å².